The molecule has 0 N–H and O–H groups in total. The number of benzene rings is 9. The van der Waals surface area contributed by atoms with E-state index >= 15 is 0 Å². The fourth-order valence-corrected chi connectivity index (χ4v) is 7.73. The Morgan fingerprint density at radius 3 is 0.964 bits per heavy atom. The van der Waals surface area contributed by atoms with Crippen molar-refractivity contribution in [3.05, 3.63) is 224 Å². The number of hydrogen-bond donors (Lipinski definition) is 0. The molecular weight excluding hydrogens is 679 g/mol. The van der Waals surface area contributed by atoms with Gasteiger partial charge in [0.15, 0.2) is 0 Å². The van der Waals surface area contributed by atoms with Crippen molar-refractivity contribution in [3.8, 4) is 55.6 Å². The second-order valence-electron chi connectivity index (χ2n) is 14.2. The lowest BCUT2D eigenvalue weighted by atomic mass is 9.99. The SMILES string of the molecule is c1ccc(-c2ccc(-c3ccc(N(c4ccc(-c5ccc(-c6ccccc6)cc5)cc4)c4ccc(-c5ccc6oc7ccccc7c6c5)cc4)cc3)cc2)cc1. The maximum atomic E-state index is 6.11. The highest BCUT2D eigenvalue weighted by Gasteiger charge is 2.15. The van der Waals surface area contributed by atoms with Crippen LogP contribution in [0.4, 0.5) is 17.1 Å². The molecule has 0 radical (unpaired) electrons. The predicted molar refractivity (Wildman–Crippen MR) is 236 cm³/mol. The standard InChI is InChI=1S/C54H37NO/c1-3-9-38(10-4-1)40-15-19-42(20-16-40)44-23-30-48(31-24-44)55(49-32-25-45(26-33-49)43-21-17-41(18-22-43)39-11-5-2-6-12-39)50-34-27-46(28-35-50)47-29-36-54-52(37-47)51-13-7-8-14-53(51)56-54/h1-37H. The van der Waals surface area contributed by atoms with Crippen LogP contribution in [-0.2, 0) is 0 Å². The van der Waals surface area contributed by atoms with Crippen molar-refractivity contribution in [2.45, 2.75) is 0 Å². The highest BCUT2D eigenvalue weighted by Crippen LogP contribution is 2.39. The number of rotatable bonds is 8. The van der Waals surface area contributed by atoms with Crippen LogP contribution in [0, 0.1) is 0 Å². The number of hydrogen-bond acceptors (Lipinski definition) is 2. The van der Waals surface area contributed by atoms with E-state index in [0.29, 0.717) is 0 Å². The second kappa shape index (κ2) is 14.4. The van der Waals surface area contributed by atoms with Crippen molar-refractivity contribution < 1.29 is 4.42 Å². The van der Waals surface area contributed by atoms with Crippen LogP contribution in [-0.4, -0.2) is 0 Å². The molecule has 10 rings (SSSR count). The number of furan rings is 1. The molecule has 1 aromatic heterocycles. The lowest BCUT2D eigenvalue weighted by Crippen LogP contribution is -2.09. The van der Waals surface area contributed by atoms with Gasteiger partial charge in [0.25, 0.3) is 0 Å². The van der Waals surface area contributed by atoms with Gasteiger partial charge in [0.05, 0.1) is 0 Å². The maximum absolute atomic E-state index is 6.11. The third-order valence-corrected chi connectivity index (χ3v) is 10.7. The van der Waals surface area contributed by atoms with E-state index in [9.17, 15) is 0 Å². The summed E-state index contributed by atoms with van der Waals surface area (Å²) in [6.07, 6.45) is 0. The van der Waals surface area contributed by atoms with Gasteiger partial charge >= 0.3 is 0 Å². The highest BCUT2D eigenvalue weighted by molar-refractivity contribution is 6.06. The summed E-state index contributed by atoms with van der Waals surface area (Å²) >= 11 is 0. The summed E-state index contributed by atoms with van der Waals surface area (Å²) in [5, 5.41) is 2.27. The van der Waals surface area contributed by atoms with Crippen molar-refractivity contribution in [1.29, 1.82) is 0 Å². The Balaban J connectivity index is 0.978. The van der Waals surface area contributed by atoms with Crippen molar-refractivity contribution in [2.75, 3.05) is 4.90 Å². The van der Waals surface area contributed by atoms with Crippen LogP contribution in [0.3, 0.4) is 0 Å². The predicted octanol–water partition coefficient (Wildman–Crippen LogP) is 15.4. The molecule has 0 amide bonds. The molecule has 264 valence electrons. The lowest BCUT2D eigenvalue weighted by molar-refractivity contribution is 0.669. The molecule has 0 aliphatic rings. The number of para-hydroxylation sites is 1. The van der Waals surface area contributed by atoms with Gasteiger partial charge in [-0.2, -0.15) is 0 Å². The first-order valence-electron chi connectivity index (χ1n) is 19.1. The smallest absolute Gasteiger partial charge is 0.135 e. The van der Waals surface area contributed by atoms with E-state index in [-0.39, 0.29) is 0 Å². The molecule has 1 heterocycles. The normalized spacial score (nSPS) is 11.2. The van der Waals surface area contributed by atoms with Crippen molar-refractivity contribution in [1.82, 2.24) is 0 Å². The Morgan fingerprint density at radius 2 is 0.536 bits per heavy atom. The maximum Gasteiger partial charge on any atom is 0.135 e. The van der Waals surface area contributed by atoms with Gasteiger partial charge in [-0.1, -0.05) is 170 Å². The average molecular weight is 716 g/mol. The van der Waals surface area contributed by atoms with E-state index in [2.05, 4.69) is 217 Å². The minimum atomic E-state index is 0.906. The zero-order valence-electron chi connectivity index (χ0n) is 30.7. The zero-order valence-corrected chi connectivity index (χ0v) is 30.7. The van der Waals surface area contributed by atoms with Gasteiger partial charge in [-0.25, -0.2) is 0 Å². The van der Waals surface area contributed by atoms with E-state index < -0.39 is 0 Å². The molecule has 0 fully saturated rings. The molecule has 0 spiro atoms. The first kappa shape index (κ1) is 33.2. The largest absolute Gasteiger partial charge is 0.456 e. The van der Waals surface area contributed by atoms with Crippen LogP contribution in [0.15, 0.2) is 229 Å². The molecule has 56 heavy (non-hydrogen) atoms. The molecule has 0 atom stereocenters. The first-order valence-corrected chi connectivity index (χ1v) is 19.1. The van der Waals surface area contributed by atoms with E-state index in [1.807, 2.05) is 12.1 Å². The number of anilines is 3. The van der Waals surface area contributed by atoms with Crippen LogP contribution >= 0.6 is 0 Å². The monoisotopic (exact) mass is 715 g/mol. The zero-order chi connectivity index (χ0) is 37.3. The highest BCUT2D eigenvalue weighted by atomic mass is 16.3. The van der Waals surface area contributed by atoms with Gasteiger partial charge in [0.1, 0.15) is 11.2 Å². The summed E-state index contributed by atoms with van der Waals surface area (Å²) in [7, 11) is 0. The van der Waals surface area contributed by atoms with E-state index in [4.69, 9.17) is 4.42 Å². The summed E-state index contributed by atoms with van der Waals surface area (Å²) in [4.78, 5) is 2.33. The van der Waals surface area contributed by atoms with Crippen molar-refractivity contribution in [2.24, 2.45) is 0 Å². The Labute approximate surface area is 327 Å². The number of fused-ring (bicyclic) bond motifs is 3. The van der Waals surface area contributed by atoms with Gasteiger partial charge in [0, 0.05) is 27.8 Å². The lowest BCUT2D eigenvalue weighted by Gasteiger charge is -2.26. The van der Waals surface area contributed by atoms with Crippen LogP contribution in [0.5, 0.6) is 0 Å². The van der Waals surface area contributed by atoms with E-state index in [1.165, 1.54) is 44.5 Å². The third-order valence-electron chi connectivity index (χ3n) is 10.7. The fraction of sp³-hybridized carbons (Fsp3) is 0. The Kier molecular flexibility index (Phi) is 8.55. The molecule has 0 unspecified atom stereocenters. The van der Waals surface area contributed by atoms with E-state index in [0.717, 1.165) is 50.1 Å². The molecule has 0 saturated carbocycles. The fourth-order valence-electron chi connectivity index (χ4n) is 7.73. The molecule has 0 saturated heterocycles. The molecule has 9 aromatic carbocycles. The van der Waals surface area contributed by atoms with Crippen molar-refractivity contribution in [3.63, 3.8) is 0 Å². The van der Waals surface area contributed by atoms with Gasteiger partial charge in [-0.05, 0) is 110 Å². The Bertz CT molecular complexity index is 2770. The van der Waals surface area contributed by atoms with Crippen LogP contribution in [0.1, 0.15) is 0 Å². The molecule has 2 heteroatoms. The summed E-state index contributed by atoms with van der Waals surface area (Å²) < 4.78 is 6.11. The topological polar surface area (TPSA) is 16.4 Å². The Hall–Kier alpha value is -7.42. The van der Waals surface area contributed by atoms with Gasteiger partial charge < -0.3 is 9.32 Å². The molecular formula is C54H37NO. The first-order chi connectivity index (χ1) is 27.7. The molecule has 2 nitrogen and oxygen atoms in total. The third kappa shape index (κ3) is 6.44. The van der Waals surface area contributed by atoms with Gasteiger partial charge in [0.2, 0.25) is 0 Å². The molecule has 0 aliphatic heterocycles. The summed E-state index contributed by atoms with van der Waals surface area (Å²) in [6, 6.07) is 80.1. The molecule has 0 aliphatic carbocycles. The minimum Gasteiger partial charge on any atom is -0.456 e. The van der Waals surface area contributed by atoms with Crippen LogP contribution in [0.2, 0.25) is 0 Å². The molecule has 10 aromatic rings. The minimum absolute atomic E-state index is 0.906. The van der Waals surface area contributed by atoms with Gasteiger partial charge in [-0.15, -0.1) is 0 Å². The number of nitrogens with zero attached hydrogens (tertiary/aromatic N) is 1. The summed E-state index contributed by atoms with van der Waals surface area (Å²) in [5.41, 5.74) is 17.0. The quantitative estimate of drug-likeness (QED) is 0.156. The summed E-state index contributed by atoms with van der Waals surface area (Å²) in [5.74, 6) is 0. The molecule has 0 bridgehead atoms. The van der Waals surface area contributed by atoms with Crippen molar-refractivity contribution >= 4 is 39.0 Å². The Morgan fingerprint density at radius 1 is 0.232 bits per heavy atom. The summed E-state index contributed by atoms with van der Waals surface area (Å²) in [6.45, 7) is 0. The van der Waals surface area contributed by atoms with Crippen LogP contribution in [0.25, 0.3) is 77.6 Å². The average Bonchev–Trinajstić information content (AvgIpc) is 3.66. The van der Waals surface area contributed by atoms with E-state index in [1.54, 1.807) is 0 Å². The van der Waals surface area contributed by atoms with Gasteiger partial charge in [-0.3, -0.25) is 0 Å². The second-order valence-corrected chi connectivity index (χ2v) is 14.2. The van der Waals surface area contributed by atoms with Crippen LogP contribution < -0.4 is 4.90 Å².